The molecule has 20 rings (SSSR count). The molecule has 0 N–H and O–H groups in total. The van der Waals surface area contributed by atoms with Crippen LogP contribution in [0, 0.1) is 55.4 Å². The summed E-state index contributed by atoms with van der Waals surface area (Å²) in [7, 11) is 1.59. The maximum atomic E-state index is 13.3. The summed E-state index contributed by atoms with van der Waals surface area (Å²) in [5, 5.41) is 19.2. The van der Waals surface area contributed by atoms with Crippen molar-refractivity contribution in [2.75, 3.05) is 131 Å². The number of benzene rings is 4. The zero-order chi connectivity index (χ0) is 95.5. The molecule has 700 valence electrons. The van der Waals surface area contributed by atoms with Crippen LogP contribution in [0.15, 0.2) is 268 Å². The predicted octanol–water partition coefficient (Wildman–Crippen LogP) is 14.1. The molecule has 0 radical (unpaired) electrons. The molecule has 16 heterocycles. The summed E-state index contributed by atoms with van der Waals surface area (Å²) >= 11 is 0. The number of pyridine rings is 5. The first-order valence-corrected chi connectivity index (χ1v) is 46.5. The number of hydrogen-bond acceptors (Lipinski definition) is 24. The van der Waals surface area contributed by atoms with Gasteiger partial charge in [0.2, 0.25) is 41.4 Å². The summed E-state index contributed by atoms with van der Waals surface area (Å²) in [5.41, 5.74) is 23.2. The number of carbonyl (C=O) groups excluding carboxylic acids is 4. The third-order valence-corrected chi connectivity index (χ3v) is 25.4. The molecule has 0 unspecified atom stereocenters. The van der Waals surface area contributed by atoms with Gasteiger partial charge in [-0.3, -0.25) is 57.8 Å². The number of ether oxygens (including phenoxy) is 1. The van der Waals surface area contributed by atoms with Gasteiger partial charge in [-0.2, -0.15) is 20.4 Å². The molecule has 4 saturated heterocycles. The highest BCUT2D eigenvalue weighted by Gasteiger charge is 2.31. The third kappa shape index (κ3) is 22.8. The maximum Gasteiger partial charge on any atom is 0.244 e. The molecule has 0 atom stereocenters. The van der Waals surface area contributed by atoms with Gasteiger partial charge in [-0.15, -0.1) is 0 Å². The Hall–Kier alpha value is -16.4. The number of nitrogens with zero attached hydrogens (tertiary/aromatic N) is 27. The van der Waals surface area contributed by atoms with Gasteiger partial charge in [0.05, 0.1) is 58.4 Å². The lowest BCUT2D eigenvalue weighted by Gasteiger charge is -2.35. The first-order valence-electron chi connectivity index (χ1n) is 46.5. The van der Waals surface area contributed by atoms with E-state index in [1.807, 2.05) is 259 Å². The first-order chi connectivity index (χ1) is 67.3. The van der Waals surface area contributed by atoms with Crippen molar-refractivity contribution in [3.63, 3.8) is 0 Å². The van der Waals surface area contributed by atoms with Crippen LogP contribution in [0.4, 0.5) is 23.5 Å². The number of methoxy groups -OCH3 is 1. The molecule has 4 amide bonds. The number of rotatable bonds is 21. The molecule has 0 saturated carbocycles. The van der Waals surface area contributed by atoms with Gasteiger partial charge in [-0.05, 0) is 189 Å². The summed E-state index contributed by atoms with van der Waals surface area (Å²) in [5.74, 6) is 3.90. The number of hydrogen-bond donors (Lipinski definition) is 0. The van der Waals surface area contributed by atoms with Crippen LogP contribution in [-0.2, 0) is 45.4 Å². The minimum atomic E-state index is 0.0368. The van der Waals surface area contributed by atoms with E-state index in [0.29, 0.717) is 109 Å². The zero-order valence-electron chi connectivity index (χ0n) is 79.2. The van der Waals surface area contributed by atoms with Gasteiger partial charge in [0.15, 0.2) is 0 Å². The van der Waals surface area contributed by atoms with E-state index in [9.17, 15) is 19.2 Å². The molecule has 4 aliphatic rings. The fourth-order valence-corrected chi connectivity index (χ4v) is 16.7. The second kappa shape index (κ2) is 43.7. The van der Waals surface area contributed by atoms with E-state index >= 15 is 0 Å². The van der Waals surface area contributed by atoms with Crippen LogP contribution in [0.25, 0.3) is 90.6 Å². The van der Waals surface area contributed by atoms with Crippen molar-refractivity contribution in [3.8, 4) is 96.5 Å². The molecule has 0 aliphatic carbocycles. The fourth-order valence-electron chi connectivity index (χ4n) is 16.7. The number of amides is 4. The molecule has 32 heteroatoms. The van der Waals surface area contributed by atoms with E-state index in [-0.39, 0.29) is 49.8 Å². The second-order valence-electron chi connectivity index (χ2n) is 34.5. The molecule has 16 aromatic rings. The van der Waals surface area contributed by atoms with E-state index < -0.39 is 0 Å². The Labute approximate surface area is 802 Å². The highest BCUT2D eigenvalue weighted by Crippen LogP contribution is 2.34. The standard InChI is InChI=1S/C27H29N7O2.C27H28N6O.2C26H27N7O/c1-19-13-22(28-16-20(19)2)23-14-24(21-7-5-4-6-8-21)34(31-23)17-27(35)33-11-9-32(10-12-33)25-15-26(36-3)30-18-29-25;1-20-16-23(29-18-21(20)2)24-17-25(22-8-4-3-5-9-22)33(30-24)19-27(34)32-14-12-31(13-15-32)26-10-6-7-11-28-26;1-19-15-23(29-17-20(19)2)24-16-22(21-7-4-3-5-8-21)30-33(24)18-25(34)31-11-13-32(14-12-31)26-27-9-6-10-28-26;1-19-15-22(29-17-20(19)2)23-16-24(21-7-4-3-5-8-21)33(30-23)18-25(34)31-11-13-32(14-12-31)26-27-9-6-10-28-26/h4-8,13-16,18H,9-12,17H2,1-3H3;3-11,16-18H,12-15,19H2,1-2H3;2*3-10,15-17H,11-14,18H2,1-2H3. The van der Waals surface area contributed by atoms with Crippen molar-refractivity contribution < 1.29 is 23.9 Å². The van der Waals surface area contributed by atoms with Crippen LogP contribution in [-0.4, -0.2) is 249 Å². The monoisotopic (exact) mass is 1840 g/mol. The van der Waals surface area contributed by atoms with Crippen molar-refractivity contribution >= 4 is 47.2 Å². The summed E-state index contributed by atoms with van der Waals surface area (Å²) < 4.78 is 12.4. The van der Waals surface area contributed by atoms with E-state index in [0.717, 1.165) is 154 Å². The zero-order valence-corrected chi connectivity index (χ0v) is 79.2. The second-order valence-corrected chi connectivity index (χ2v) is 34.5. The Kier molecular flexibility index (Phi) is 29.6. The summed E-state index contributed by atoms with van der Waals surface area (Å²) in [6, 6.07) is 67.8. The summed E-state index contributed by atoms with van der Waals surface area (Å²) in [6.07, 6.45) is 17.7. The number of piperazine rings is 4. The Bertz CT molecular complexity index is 6630. The van der Waals surface area contributed by atoms with E-state index in [1.54, 1.807) is 64.3 Å². The van der Waals surface area contributed by atoms with Crippen molar-refractivity contribution in [1.82, 2.24) is 114 Å². The first kappa shape index (κ1) is 93.4. The largest absolute Gasteiger partial charge is 0.481 e. The molecule has 0 bridgehead atoms. The van der Waals surface area contributed by atoms with E-state index in [4.69, 9.17) is 25.1 Å². The lowest BCUT2D eigenvalue weighted by atomic mass is 10.1. The minimum Gasteiger partial charge on any atom is -0.481 e. The van der Waals surface area contributed by atoms with Gasteiger partial charge in [0.1, 0.15) is 61.2 Å². The summed E-state index contributed by atoms with van der Waals surface area (Å²) in [4.78, 5) is 118. The summed E-state index contributed by atoms with van der Waals surface area (Å²) in [6.45, 7) is 28.0. The van der Waals surface area contributed by atoms with Crippen LogP contribution in [0.5, 0.6) is 5.88 Å². The Morgan fingerprint density at radius 2 is 0.551 bits per heavy atom. The SMILES string of the molecule is COc1cc(N2CCN(C(=O)Cn3nc(-c4cc(C)c(C)cn4)cc3-c3ccccc3)CC2)ncn1.Cc1cnc(-c2cc(-c3ccccc3)n(CC(=O)N3CCN(c4ccccn4)CC3)n2)cc1C.Cc1cnc(-c2cc(-c3ccccc3)n(CC(=O)N3CCN(c4ncccn4)CC3)n2)cc1C.Cc1cnc(-c2cc(-c3ccccc3)nn2CC(=O)N2CCN(c3ncccn3)CC2)cc1C. The average molecular weight is 1840 g/mol. The highest BCUT2D eigenvalue weighted by atomic mass is 16.5. The lowest BCUT2D eigenvalue weighted by Crippen LogP contribution is -2.50. The molecular weight excluding hydrogens is 1730 g/mol. The minimum absolute atomic E-state index is 0.0368. The normalized spacial score (nSPS) is 13.8. The quantitative estimate of drug-likeness (QED) is 0.0645. The molecular formula is C106H111N27O5. The van der Waals surface area contributed by atoms with Crippen LogP contribution in [0.1, 0.15) is 44.5 Å². The number of anilines is 4. The average Bonchev–Trinajstić information content (AvgIpc) is 1.67. The smallest absolute Gasteiger partial charge is 0.244 e. The van der Waals surface area contributed by atoms with Crippen molar-refractivity contribution in [3.05, 3.63) is 313 Å². The predicted molar refractivity (Wildman–Crippen MR) is 534 cm³/mol. The number of aromatic nitrogens is 19. The van der Waals surface area contributed by atoms with Crippen LogP contribution < -0.4 is 24.3 Å². The number of carbonyl (C=O) groups is 4. The molecule has 4 fully saturated rings. The molecule has 32 nitrogen and oxygen atoms in total. The lowest BCUT2D eigenvalue weighted by molar-refractivity contribution is -0.133. The Morgan fingerprint density at radius 1 is 0.254 bits per heavy atom. The van der Waals surface area contributed by atoms with Gasteiger partial charge < -0.3 is 43.9 Å². The van der Waals surface area contributed by atoms with Gasteiger partial charge in [0, 0.05) is 172 Å². The van der Waals surface area contributed by atoms with Gasteiger partial charge in [-0.25, -0.2) is 34.9 Å². The maximum absolute atomic E-state index is 13.3. The molecule has 4 aliphatic heterocycles. The molecule has 138 heavy (non-hydrogen) atoms. The topological polar surface area (TPSA) is 316 Å². The van der Waals surface area contributed by atoms with Crippen molar-refractivity contribution in [1.29, 1.82) is 0 Å². The van der Waals surface area contributed by atoms with E-state index in [1.165, 1.54) is 11.9 Å². The van der Waals surface area contributed by atoms with Crippen molar-refractivity contribution in [2.24, 2.45) is 0 Å². The highest BCUT2D eigenvalue weighted by molar-refractivity contribution is 5.82. The van der Waals surface area contributed by atoms with Crippen LogP contribution >= 0.6 is 0 Å². The molecule has 12 aromatic heterocycles. The molecule has 0 spiro atoms. The molecule has 4 aromatic carbocycles. The van der Waals surface area contributed by atoms with Crippen LogP contribution in [0.3, 0.4) is 0 Å². The van der Waals surface area contributed by atoms with Crippen LogP contribution in [0.2, 0.25) is 0 Å². The van der Waals surface area contributed by atoms with Gasteiger partial charge in [-0.1, -0.05) is 127 Å². The van der Waals surface area contributed by atoms with Crippen molar-refractivity contribution in [2.45, 2.75) is 81.6 Å². The van der Waals surface area contributed by atoms with Gasteiger partial charge in [0.25, 0.3) is 0 Å². The van der Waals surface area contributed by atoms with Gasteiger partial charge >= 0.3 is 0 Å². The van der Waals surface area contributed by atoms with E-state index in [2.05, 4.69) is 114 Å². The Balaban J connectivity index is 0.000000127. The number of aryl methyl sites for hydroxylation is 8. The Morgan fingerprint density at radius 3 is 0.891 bits per heavy atom. The fraction of sp³-hybridized carbons (Fsp3) is 0.274. The third-order valence-electron chi connectivity index (χ3n) is 25.4.